The standard InChI is InChI=1S/C39H68N6O10S/c1-14-24(4)32(44(11)35(48)31(23(2)3)41-36(49)39(9,10)42-37(50)55-38(6,7)8)29(53-12)22-30(46)45-21-15-16-28(45)33(54-13)25(5)34(47)43-56(51,52)27-19-17-26(40)18-20-27/h17-20,23-25,28-29,31-34,43,47H,14-16,21-22,40H2,1-13H3,(H,41,49)(H,42,50)/t24-,25+,28-,29+,31-,32-,33+,34?/m0/s1. The molecule has 1 aromatic rings. The number of nitrogens with zero attached hydrogens (tertiary/aromatic N) is 2. The predicted octanol–water partition coefficient (Wildman–Crippen LogP) is 3.23. The van der Waals surface area contributed by atoms with Gasteiger partial charge in [-0.2, -0.15) is 4.72 Å². The van der Waals surface area contributed by atoms with E-state index in [9.17, 15) is 32.7 Å². The molecule has 1 aromatic carbocycles. The molecule has 320 valence electrons. The van der Waals surface area contributed by atoms with Crippen LogP contribution >= 0.6 is 0 Å². The lowest BCUT2D eigenvalue weighted by molar-refractivity contribution is -0.147. The highest BCUT2D eigenvalue weighted by atomic mass is 32.2. The Morgan fingerprint density at radius 3 is 2.11 bits per heavy atom. The fourth-order valence-electron chi connectivity index (χ4n) is 7.02. The Hall–Kier alpha value is -3.51. The van der Waals surface area contributed by atoms with E-state index in [1.54, 1.807) is 58.4 Å². The first-order chi connectivity index (χ1) is 25.8. The summed E-state index contributed by atoms with van der Waals surface area (Å²) in [6, 6.07) is 3.57. The van der Waals surface area contributed by atoms with Gasteiger partial charge in [0.05, 0.1) is 35.6 Å². The summed E-state index contributed by atoms with van der Waals surface area (Å²) in [6.07, 6.45) is -1.98. The van der Waals surface area contributed by atoms with Crippen LogP contribution in [-0.4, -0.2) is 123 Å². The van der Waals surface area contributed by atoms with E-state index in [4.69, 9.17) is 19.9 Å². The normalized spacial score (nSPS) is 19.0. The molecule has 1 unspecified atom stereocenters. The number of aliphatic hydroxyl groups excluding tert-OH is 1. The van der Waals surface area contributed by atoms with Gasteiger partial charge in [0.15, 0.2) is 0 Å². The zero-order valence-corrected chi connectivity index (χ0v) is 36.4. The molecule has 17 heteroatoms. The molecule has 1 aliphatic rings. The maximum absolute atomic E-state index is 14.3. The number of anilines is 1. The van der Waals surface area contributed by atoms with E-state index in [1.165, 1.54) is 52.3 Å². The first-order valence-corrected chi connectivity index (χ1v) is 20.8. The van der Waals surface area contributed by atoms with Gasteiger partial charge in [0.2, 0.25) is 27.7 Å². The average molecular weight is 813 g/mol. The van der Waals surface area contributed by atoms with E-state index < -0.39 is 75.6 Å². The Bertz CT molecular complexity index is 1580. The van der Waals surface area contributed by atoms with Gasteiger partial charge < -0.3 is 45.5 Å². The number of hydrogen-bond donors (Lipinski definition) is 5. The summed E-state index contributed by atoms with van der Waals surface area (Å²) in [5.74, 6) is -2.43. The molecular weight excluding hydrogens is 745 g/mol. The van der Waals surface area contributed by atoms with Crippen molar-refractivity contribution in [3.63, 3.8) is 0 Å². The van der Waals surface area contributed by atoms with E-state index in [2.05, 4.69) is 15.4 Å². The summed E-state index contributed by atoms with van der Waals surface area (Å²) >= 11 is 0. The highest BCUT2D eigenvalue weighted by Gasteiger charge is 2.44. The van der Waals surface area contributed by atoms with Crippen molar-refractivity contribution in [2.75, 3.05) is 33.5 Å². The Kier molecular flexibility index (Phi) is 17.6. The third-order valence-electron chi connectivity index (χ3n) is 10.4. The minimum absolute atomic E-state index is 0.0596. The van der Waals surface area contributed by atoms with Crippen LogP contribution in [0.1, 0.15) is 94.9 Å². The molecule has 0 aromatic heterocycles. The number of amides is 4. The third-order valence-corrected chi connectivity index (χ3v) is 11.9. The number of aliphatic hydroxyl groups is 1. The SMILES string of the molecule is CC[C@H](C)[C@@H]([C@@H](CC(=O)N1CCC[C@H]1[C@H](OC)[C@@H](C)C(O)NS(=O)(=O)c1ccc(N)cc1)OC)N(C)C(=O)[C@@H](NC(=O)C(C)(C)NC(=O)OC(C)(C)C)C(C)C. The Morgan fingerprint density at radius 1 is 1.02 bits per heavy atom. The number of carbonyl (C=O) groups is 4. The number of rotatable bonds is 19. The van der Waals surface area contributed by atoms with Crippen LogP contribution in [0.25, 0.3) is 0 Å². The van der Waals surface area contributed by atoms with E-state index in [0.717, 1.165) is 0 Å². The second-order valence-electron chi connectivity index (χ2n) is 16.7. The topological polar surface area (TPSA) is 219 Å². The van der Waals surface area contributed by atoms with Crippen molar-refractivity contribution in [3.05, 3.63) is 24.3 Å². The van der Waals surface area contributed by atoms with Crippen molar-refractivity contribution in [1.82, 2.24) is 25.2 Å². The minimum Gasteiger partial charge on any atom is -0.444 e. The Labute approximate surface area is 334 Å². The van der Waals surface area contributed by atoms with Crippen LogP contribution in [0.2, 0.25) is 0 Å². The third kappa shape index (κ3) is 13.0. The maximum atomic E-state index is 14.3. The molecule has 16 nitrogen and oxygen atoms in total. The molecule has 8 atom stereocenters. The zero-order valence-electron chi connectivity index (χ0n) is 35.5. The van der Waals surface area contributed by atoms with Gasteiger partial charge >= 0.3 is 6.09 Å². The summed E-state index contributed by atoms with van der Waals surface area (Å²) in [4.78, 5) is 57.6. The van der Waals surface area contributed by atoms with Crippen molar-refractivity contribution in [3.8, 4) is 0 Å². The zero-order chi connectivity index (χ0) is 42.9. The number of nitrogens with one attached hydrogen (secondary N) is 3. The highest BCUT2D eigenvalue weighted by Crippen LogP contribution is 2.30. The van der Waals surface area contributed by atoms with E-state index >= 15 is 0 Å². The molecule has 1 saturated heterocycles. The van der Waals surface area contributed by atoms with Crippen LogP contribution in [0.4, 0.5) is 10.5 Å². The maximum Gasteiger partial charge on any atom is 0.408 e. The number of nitrogens with two attached hydrogens (primary N) is 1. The lowest BCUT2D eigenvalue weighted by atomic mass is 9.89. The number of alkyl carbamates (subject to hydrolysis) is 1. The summed E-state index contributed by atoms with van der Waals surface area (Å²) in [7, 11) is 0.488. The van der Waals surface area contributed by atoms with Crippen LogP contribution in [0.3, 0.4) is 0 Å². The molecule has 56 heavy (non-hydrogen) atoms. The number of nitrogen functional groups attached to an aromatic ring is 1. The average Bonchev–Trinajstić information content (AvgIpc) is 3.58. The number of benzene rings is 1. The van der Waals surface area contributed by atoms with Crippen molar-refractivity contribution < 1.29 is 46.9 Å². The predicted molar refractivity (Wildman–Crippen MR) is 214 cm³/mol. The van der Waals surface area contributed by atoms with Gasteiger partial charge in [0.1, 0.15) is 23.4 Å². The minimum atomic E-state index is -4.09. The molecule has 6 N–H and O–H groups in total. The molecule has 2 rings (SSSR count). The number of methoxy groups -OCH3 is 2. The Morgan fingerprint density at radius 2 is 1.61 bits per heavy atom. The second-order valence-corrected chi connectivity index (χ2v) is 18.5. The van der Waals surface area contributed by atoms with Crippen LogP contribution < -0.4 is 21.1 Å². The van der Waals surface area contributed by atoms with Gasteiger partial charge in [-0.3, -0.25) is 14.4 Å². The molecule has 0 bridgehead atoms. The molecular formula is C39H68N6O10S. The van der Waals surface area contributed by atoms with Crippen LogP contribution in [0.15, 0.2) is 29.2 Å². The summed E-state index contributed by atoms with van der Waals surface area (Å²) < 4.78 is 45.5. The van der Waals surface area contributed by atoms with Crippen LogP contribution in [0, 0.1) is 17.8 Å². The number of likely N-dealkylation sites (tertiary alicyclic amines) is 1. The van der Waals surface area contributed by atoms with E-state index in [-0.39, 0.29) is 35.0 Å². The lowest BCUT2D eigenvalue weighted by Gasteiger charge is -2.41. The molecule has 4 amide bonds. The number of likely N-dealkylation sites (N-methyl/N-ethyl adjacent to an activating group) is 1. The van der Waals surface area contributed by atoms with Crippen molar-refractivity contribution in [2.45, 2.75) is 148 Å². The van der Waals surface area contributed by atoms with Gasteiger partial charge in [-0.05, 0) is 83.6 Å². The number of carbonyl (C=O) groups excluding carboxylic acids is 4. The molecule has 0 radical (unpaired) electrons. The number of sulfonamides is 1. The van der Waals surface area contributed by atoms with Crippen molar-refractivity contribution in [2.24, 2.45) is 17.8 Å². The smallest absolute Gasteiger partial charge is 0.408 e. The van der Waals surface area contributed by atoms with Gasteiger partial charge in [-0.1, -0.05) is 41.0 Å². The van der Waals surface area contributed by atoms with Gasteiger partial charge in [0.25, 0.3) is 0 Å². The van der Waals surface area contributed by atoms with Gasteiger partial charge in [0, 0.05) is 39.4 Å². The summed E-state index contributed by atoms with van der Waals surface area (Å²) in [6.45, 7) is 17.8. The van der Waals surface area contributed by atoms with E-state index in [0.29, 0.717) is 31.5 Å². The monoisotopic (exact) mass is 812 g/mol. The number of ether oxygens (including phenoxy) is 3. The quantitative estimate of drug-likeness (QED) is 0.101. The van der Waals surface area contributed by atoms with Crippen LogP contribution in [-0.2, 0) is 38.6 Å². The molecule has 1 aliphatic heterocycles. The van der Waals surface area contributed by atoms with E-state index in [1.807, 2.05) is 13.8 Å². The first kappa shape index (κ1) is 48.6. The molecule has 0 spiro atoms. The van der Waals surface area contributed by atoms with Crippen LogP contribution in [0.5, 0.6) is 0 Å². The summed E-state index contributed by atoms with van der Waals surface area (Å²) in [5, 5.41) is 16.5. The highest BCUT2D eigenvalue weighted by molar-refractivity contribution is 7.89. The van der Waals surface area contributed by atoms with Crippen molar-refractivity contribution in [1.29, 1.82) is 0 Å². The van der Waals surface area contributed by atoms with Gasteiger partial charge in [-0.25, -0.2) is 13.2 Å². The fraction of sp³-hybridized carbons (Fsp3) is 0.744. The molecule has 1 fully saturated rings. The van der Waals surface area contributed by atoms with Crippen molar-refractivity contribution >= 4 is 39.5 Å². The molecule has 0 aliphatic carbocycles. The fourth-order valence-corrected chi connectivity index (χ4v) is 8.18. The largest absolute Gasteiger partial charge is 0.444 e. The number of hydrogen-bond acceptors (Lipinski definition) is 11. The molecule has 1 heterocycles. The molecule has 0 saturated carbocycles. The Balaban J connectivity index is 2.28. The summed E-state index contributed by atoms with van der Waals surface area (Å²) in [5.41, 5.74) is 3.91. The van der Waals surface area contributed by atoms with Gasteiger partial charge in [-0.15, -0.1) is 0 Å². The second kappa shape index (κ2) is 20.3. The first-order valence-electron chi connectivity index (χ1n) is 19.3. The lowest BCUT2D eigenvalue weighted by Crippen LogP contribution is -2.62.